The molecule has 5 heteroatoms. The summed E-state index contributed by atoms with van der Waals surface area (Å²) in [7, 11) is 0. The van der Waals surface area contributed by atoms with Crippen molar-refractivity contribution in [2.45, 2.75) is 13.8 Å². The largest absolute Gasteiger partial charge is 0.369 e. The lowest BCUT2D eigenvalue weighted by Gasteiger charge is -2.08. The van der Waals surface area contributed by atoms with Gasteiger partial charge >= 0.3 is 0 Å². The van der Waals surface area contributed by atoms with Gasteiger partial charge in [-0.05, 0) is 49.2 Å². The molecule has 0 fully saturated rings. The SMILES string of the molecule is Cc1ccc(-n2cccc2/C=N/N=C(N)N)cc1C. The number of hydrogen-bond acceptors (Lipinski definition) is 2. The van der Waals surface area contributed by atoms with Crippen LogP contribution in [-0.2, 0) is 0 Å². The van der Waals surface area contributed by atoms with Crippen LogP contribution >= 0.6 is 0 Å². The Morgan fingerprint density at radius 3 is 2.63 bits per heavy atom. The quantitative estimate of drug-likeness (QED) is 0.497. The molecule has 0 aliphatic heterocycles. The first-order chi connectivity index (χ1) is 9.08. The second-order valence-electron chi connectivity index (χ2n) is 4.34. The molecule has 4 N–H and O–H groups in total. The van der Waals surface area contributed by atoms with Crippen molar-refractivity contribution in [3.63, 3.8) is 0 Å². The van der Waals surface area contributed by atoms with Gasteiger partial charge in [0, 0.05) is 11.9 Å². The van der Waals surface area contributed by atoms with E-state index in [1.807, 2.05) is 22.9 Å². The van der Waals surface area contributed by atoms with Crippen LogP contribution in [0.5, 0.6) is 0 Å². The average Bonchev–Trinajstić information content (AvgIpc) is 2.80. The second kappa shape index (κ2) is 5.39. The highest BCUT2D eigenvalue weighted by Gasteiger charge is 2.02. The zero-order valence-electron chi connectivity index (χ0n) is 11.0. The van der Waals surface area contributed by atoms with Crippen LogP contribution in [-0.4, -0.2) is 16.7 Å². The molecule has 1 aromatic heterocycles. The van der Waals surface area contributed by atoms with Gasteiger partial charge in [-0.2, -0.15) is 5.10 Å². The Hall–Kier alpha value is -2.56. The number of hydrogen-bond donors (Lipinski definition) is 2. The van der Waals surface area contributed by atoms with E-state index in [1.165, 1.54) is 11.1 Å². The molecule has 1 aromatic carbocycles. The minimum atomic E-state index is -0.0551. The molecule has 0 radical (unpaired) electrons. The second-order valence-corrected chi connectivity index (χ2v) is 4.34. The van der Waals surface area contributed by atoms with Gasteiger partial charge in [0.15, 0.2) is 0 Å². The van der Waals surface area contributed by atoms with Crippen LogP contribution in [0.4, 0.5) is 0 Å². The fraction of sp³-hybridized carbons (Fsp3) is 0.143. The van der Waals surface area contributed by atoms with Gasteiger partial charge < -0.3 is 16.0 Å². The van der Waals surface area contributed by atoms with Crippen LogP contribution < -0.4 is 11.5 Å². The van der Waals surface area contributed by atoms with E-state index in [0.29, 0.717) is 0 Å². The Morgan fingerprint density at radius 1 is 1.16 bits per heavy atom. The predicted octanol–water partition coefficient (Wildman–Crippen LogP) is 1.70. The summed E-state index contributed by atoms with van der Waals surface area (Å²) in [5.74, 6) is -0.0551. The van der Waals surface area contributed by atoms with E-state index in [0.717, 1.165) is 11.4 Å². The molecule has 2 aromatic rings. The normalized spacial score (nSPS) is 10.8. The summed E-state index contributed by atoms with van der Waals surface area (Å²) in [5.41, 5.74) is 15.0. The van der Waals surface area contributed by atoms with Crippen LogP contribution in [0, 0.1) is 13.8 Å². The van der Waals surface area contributed by atoms with Gasteiger partial charge in [0.25, 0.3) is 0 Å². The van der Waals surface area contributed by atoms with Crippen LogP contribution in [0.15, 0.2) is 46.7 Å². The molecule has 0 aliphatic rings. The van der Waals surface area contributed by atoms with Gasteiger partial charge in [-0.3, -0.25) is 0 Å². The van der Waals surface area contributed by atoms with Gasteiger partial charge in [0.1, 0.15) is 0 Å². The number of aryl methyl sites for hydroxylation is 2. The summed E-state index contributed by atoms with van der Waals surface area (Å²) in [6.45, 7) is 4.19. The van der Waals surface area contributed by atoms with Crippen molar-refractivity contribution in [1.29, 1.82) is 0 Å². The fourth-order valence-electron chi connectivity index (χ4n) is 1.76. The van der Waals surface area contributed by atoms with Gasteiger partial charge in [-0.15, -0.1) is 5.10 Å². The monoisotopic (exact) mass is 255 g/mol. The van der Waals surface area contributed by atoms with E-state index in [1.54, 1.807) is 6.21 Å². The third-order valence-corrected chi connectivity index (χ3v) is 2.91. The van der Waals surface area contributed by atoms with Crippen LogP contribution in [0.1, 0.15) is 16.8 Å². The maximum absolute atomic E-state index is 5.22. The van der Waals surface area contributed by atoms with Crippen LogP contribution in [0.2, 0.25) is 0 Å². The van der Waals surface area contributed by atoms with Crippen molar-refractivity contribution in [2.75, 3.05) is 0 Å². The van der Waals surface area contributed by atoms with E-state index in [9.17, 15) is 0 Å². The summed E-state index contributed by atoms with van der Waals surface area (Å²) in [6, 6.07) is 10.2. The molecule has 0 spiro atoms. The predicted molar refractivity (Wildman–Crippen MR) is 78.6 cm³/mol. The zero-order chi connectivity index (χ0) is 13.8. The summed E-state index contributed by atoms with van der Waals surface area (Å²) in [6.07, 6.45) is 3.59. The van der Waals surface area contributed by atoms with E-state index in [4.69, 9.17) is 11.5 Å². The Morgan fingerprint density at radius 2 is 1.95 bits per heavy atom. The van der Waals surface area contributed by atoms with Crippen molar-refractivity contribution >= 4 is 12.2 Å². The molecule has 0 amide bonds. The molecule has 5 nitrogen and oxygen atoms in total. The third kappa shape index (κ3) is 3.01. The van der Waals surface area contributed by atoms with Gasteiger partial charge in [-0.1, -0.05) is 6.07 Å². The highest BCUT2D eigenvalue weighted by molar-refractivity contribution is 5.81. The number of nitrogens with zero attached hydrogens (tertiary/aromatic N) is 3. The molecule has 19 heavy (non-hydrogen) atoms. The number of aromatic nitrogens is 1. The average molecular weight is 255 g/mol. The maximum atomic E-state index is 5.22. The molecular weight excluding hydrogens is 238 g/mol. The number of nitrogens with two attached hydrogens (primary N) is 2. The van der Waals surface area contributed by atoms with E-state index >= 15 is 0 Å². The maximum Gasteiger partial charge on any atom is 0.211 e. The molecule has 0 atom stereocenters. The number of rotatable bonds is 3. The van der Waals surface area contributed by atoms with Crippen molar-refractivity contribution in [1.82, 2.24) is 4.57 Å². The van der Waals surface area contributed by atoms with Gasteiger partial charge in [-0.25, -0.2) is 0 Å². The zero-order valence-corrected chi connectivity index (χ0v) is 11.0. The van der Waals surface area contributed by atoms with E-state index < -0.39 is 0 Å². The molecule has 0 bridgehead atoms. The first-order valence-corrected chi connectivity index (χ1v) is 5.95. The lowest BCUT2D eigenvalue weighted by atomic mass is 10.1. The highest BCUT2D eigenvalue weighted by atomic mass is 15.3. The Balaban J connectivity index is 2.36. The highest BCUT2D eigenvalue weighted by Crippen LogP contribution is 2.16. The molecule has 0 saturated carbocycles. The van der Waals surface area contributed by atoms with Crippen molar-refractivity contribution in [3.8, 4) is 5.69 Å². The van der Waals surface area contributed by atoms with Gasteiger partial charge in [0.2, 0.25) is 5.96 Å². The topological polar surface area (TPSA) is 81.7 Å². The van der Waals surface area contributed by atoms with E-state index in [-0.39, 0.29) is 5.96 Å². The lowest BCUT2D eigenvalue weighted by molar-refractivity contribution is 1.05. The summed E-state index contributed by atoms with van der Waals surface area (Å²) in [4.78, 5) is 0. The van der Waals surface area contributed by atoms with Crippen molar-refractivity contribution < 1.29 is 0 Å². The van der Waals surface area contributed by atoms with Crippen LogP contribution in [0.3, 0.4) is 0 Å². The molecule has 1 heterocycles. The smallest absolute Gasteiger partial charge is 0.211 e. The first-order valence-electron chi connectivity index (χ1n) is 5.95. The Bertz CT molecular complexity index is 633. The third-order valence-electron chi connectivity index (χ3n) is 2.91. The Labute approximate surface area is 112 Å². The van der Waals surface area contributed by atoms with E-state index in [2.05, 4.69) is 42.2 Å². The number of benzene rings is 1. The first kappa shape index (κ1) is 12.9. The minimum Gasteiger partial charge on any atom is -0.369 e. The summed E-state index contributed by atoms with van der Waals surface area (Å²) >= 11 is 0. The summed E-state index contributed by atoms with van der Waals surface area (Å²) in [5, 5.41) is 7.43. The molecule has 2 rings (SSSR count). The molecule has 0 unspecified atom stereocenters. The van der Waals surface area contributed by atoms with Crippen molar-refractivity contribution in [3.05, 3.63) is 53.3 Å². The molecule has 98 valence electrons. The lowest BCUT2D eigenvalue weighted by Crippen LogP contribution is -2.21. The molecule has 0 saturated heterocycles. The number of guanidine groups is 1. The van der Waals surface area contributed by atoms with Gasteiger partial charge in [0.05, 0.1) is 11.9 Å². The molecular formula is C14H17N5. The fourth-order valence-corrected chi connectivity index (χ4v) is 1.76. The van der Waals surface area contributed by atoms with Crippen LogP contribution in [0.25, 0.3) is 5.69 Å². The minimum absolute atomic E-state index is 0.0551. The Kier molecular flexibility index (Phi) is 3.66. The molecule has 0 aliphatic carbocycles. The van der Waals surface area contributed by atoms with Crippen molar-refractivity contribution in [2.24, 2.45) is 21.7 Å². The standard InChI is InChI=1S/C14H17N5/c1-10-5-6-12(8-11(10)2)19-7-3-4-13(19)9-17-18-14(15)16/h3-9H,1-2H3,(H4,15,16,18)/b17-9+. The summed E-state index contributed by atoms with van der Waals surface area (Å²) < 4.78 is 2.03.